The molecule has 6 nitrogen and oxygen atoms in total. The van der Waals surface area contributed by atoms with Gasteiger partial charge in [0.05, 0.1) is 5.69 Å². The van der Waals surface area contributed by atoms with E-state index in [4.69, 9.17) is 9.63 Å². The zero-order valence-corrected chi connectivity index (χ0v) is 9.90. The summed E-state index contributed by atoms with van der Waals surface area (Å²) in [5.74, 6) is -0.628. The van der Waals surface area contributed by atoms with E-state index in [1.54, 1.807) is 0 Å². The molecule has 0 fully saturated rings. The van der Waals surface area contributed by atoms with Crippen molar-refractivity contribution in [1.29, 1.82) is 0 Å². The molecule has 17 heavy (non-hydrogen) atoms. The van der Waals surface area contributed by atoms with Crippen LogP contribution in [0.25, 0.3) is 0 Å². The minimum Gasteiger partial charge on any atom is -0.480 e. The molecular formula is C11H16N2O4. The van der Waals surface area contributed by atoms with Crippen molar-refractivity contribution in [2.24, 2.45) is 0 Å². The molecule has 0 aliphatic heterocycles. The summed E-state index contributed by atoms with van der Waals surface area (Å²) in [6, 6.07) is 0.977. The van der Waals surface area contributed by atoms with Gasteiger partial charge in [0, 0.05) is 19.4 Å². The molecule has 0 aliphatic rings. The van der Waals surface area contributed by atoms with Crippen LogP contribution in [0.3, 0.4) is 0 Å². The summed E-state index contributed by atoms with van der Waals surface area (Å²) in [6.45, 7) is 3.13. The van der Waals surface area contributed by atoms with Gasteiger partial charge in [-0.3, -0.25) is 4.79 Å². The van der Waals surface area contributed by atoms with Gasteiger partial charge < -0.3 is 14.9 Å². The third-order valence-electron chi connectivity index (χ3n) is 2.27. The lowest BCUT2D eigenvalue weighted by atomic mass is 10.1. The lowest BCUT2D eigenvalue weighted by Crippen LogP contribution is -2.39. The van der Waals surface area contributed by atoms with Gasteiger partial charge in [0.15, 0.2) is 0 Å². The Kier molecular flexibility index (Phi) is 4.68. The molecule has 1 rings (SSSR count). The van der Waals surface area contributed by atoms with Gasteiger partial charge in [-0.15, -0.1) is 0 Å². The molecule has 0 bridgehead atoms. The molecule has 0 aromatic carbocycles. The molecule has 0 saturated heterocycles. The first-order valence-corrected chi connectivity index (χ1v) is 5.41. The number of carbonyl (C=O) groups is 2. The van der Waals surface area contributed by atoms with E-state index in [9.17, 15) is 9.59 Å². The maximum absolute atomic E-state index is 10.8. The number of carboxylic acid groups (broad SMARTS) is 1. The molecule has 0 aliphatic carbocycles. The number of hydrogen-bond donors (Lipinski definition) is 2. The number of carbonyl (C=O) groups excluding carboxylic acids is 1. The molecule has 1 aromatic rings. The highest BCUT2D eigenvalue weighted by atomic mass is 16.5. The molecule has 1 unspecified atom stereocenters. The zero-order chi connectivity index (χ0) is 12.8. The first-order valence-electron chi connectivity index (χ1n) is 5.41. The molecule has 6 heteroatoms. The van der Waals surface area contributed by atoms with Gasteiger partial charge in [-0.05, 0) is 19.8 Å². The van der Waals surface area contributed by atoms with Crippen LogP contribution in [0.4, 0.5) is 0 Å². The maximum atomic E-state index is 10.8. The second kappa shape index (κ2) is 6.03. The quantitative estimate of drug-likeness (QED) is 0.770. The smallest absolute Gasteiger partial charge is 0.326 e. The van der Waals surface area contributed by atoms with E-state index in [0.717, 1.165) is 11.5 Å². The summed E-state index contributed by atoms with van der Waals surface area (Å²) in [6.07, 6.45) is 1.60. The van der Waals surface area contributed by atoms with Gasteiger partial charge >= 0.3 is 5.97 Å². The van der Waals surface area contributed by atoms with Crippen molar-refractivity contribution < 1.29 is 19.2 Å². The number of carboxylic acids is 1. The van der Waals surface area contributed by atoms with Crippen molar-refractivity contribution in [2.75, 3.05) is 0 Å². The minimum atomic E-state index is -1.02. The monoisotopic (exact) mass is 240 g/mol. The molecule has 1 aromatic heterocycles. The second-order valence-electron chi connectivity index (χ2n) is 3.92. The van der Waals surface area contributed by atoms with Gasteiger partial charge in [0.2, 0.25) is 5.91 Å². The van der Waals surface area contributed by atoms with Crippen LogP contribution in [-0.2, 0) is 16.0 Å². The van der Waals surface area contributed by atoms with Gasteiger partial charge in [-0.25, -0.2) is 4.79 Å². The summed E-state index contributed by atoms with van der Waals surface area (Å²) in [5.41, 5.74) is 0.802. The third-order valence-corrected chi connectivity index (χ3v) is 2.27. The first kappa shape index (κ1) is 13.2. The number of aryl methyl sites for hydroxylation is 2. The topological polar surface area (TPSA) is 92.4 Å². The Bertz CT molecular complexity index is 400. The van der Waals surface area contributed by atoms with Gasteiger partial charge in [-0.1, -0.05) is 5.16 Å². The number of nitrogens with zero attached hydrogens (tertiary/aromatic N) is 1. The highest BCUT2D eigenvalue weighted by molar-refractivity contribution is 5.81. The van der Waals surface area contributed by atoms with Crippen LogP contribution in [0.15, 0.2) is 10.6 Å². The molecule has 94 valence electrons. The summed E-state index contributed by atoms with van der Waals surface area (Å²) >= 11 is 0. The SMILES string of the molecule is CC(=O)NC(CCCc1cc(C)no1)C(=O)O. The molecule has 0 spiro atoms. The Morgan fingerprint density at radius 3 is 2.76 bits per heavy atom. The van der Waals surface area contributed by atoms with Crippen LogP contribution >= 0.6 is 0 Å². The van der Waals surface area contributed by atoms with Gasteiger partial charge in [0.25, 0.3) is 0 Å². The molecule has 1 heterocycles. The fourth-order valence-corrected chi connectivity index (χ4v) is 1.52. The lowest BCUT2D eigenvalue weighted by Gasteiger charge is -2.12. The zero-order valence-electron chi connectivity index (χ0n) is 9.90. The average molecular weight is 240 g/mol. The lowest BCUT2D eigenvalue weighted by molar-refractivity contribution is -0.141. The largest absolute Gasteiger partial charge is 0.480 e. The molecule has 0 radical (unpaired) electrons. The molecule has 2 N–H and O–H groups in total. The van der Waals surface area contributed by atoms with Crippen molar-refractivity contribution in [3.63, 3.8) is 0 Å². The summed E-state index contributed by atoms with van der Waals surface area (Å²) in [4.78, 5) is 21.6. The second-order valence-corrected chi connectivity index (χ2v) is 3.92. The number of aliphatic carboxylic acids is 1. The highest BCUT2D eigenvalue weighted by Gasteiger charge is 2.17. The van der Waals surface area contributed by atoms with E-state index in [1.807, 2.05) is 13.0 Å². The molecule has 0 saturated carbocycles. The first-order chi connectivity index (χ1) is 7.99. The van der Waals surface area contributed by atoms with Crippen LogP contribution in [0, 0.1) is 6.92 Å². The van der Waals surface area contributed by atoms with Crippen LogP contribution in [0.5, 0.6) is 0 Å². The van der Waals surface area contributed by atoms with Crippen LogP contribution < -0.4 is 5.32 Å². The van der Waals surface area contributed by atoms with E-state index in [2.05, 4.69) is 10.5 Å². The highest BCUT2D eigenvalue weighted by Crippen LogP contribution is 2.08. The summed E-state index contributed by atoms with van der Waals surface area (Å²) < 4.78 is 5.00. The Hall–Kier alpha value is -1.85. The van der Waals surface area contributed by atoms with Crippen molar-refractivity contribution in [1.82, 2.24) is 10.5 Å². The number of rotatable bonds is 6. The third kappa shape index (κ3) is 4.67. The predicted octanol–water partition coefficient (Wildman–Crippen LogP) is 0.895. The fraction of sp³-hybridized carbons (Fsp3) is 0.545. The minimum absolute atomic E-state index is 0.340. The van der Waals surface area contributed by atoms with E-state index >= 15 is 0 Å². The molecular weight excluding hydrogens is 224 g/mol. The van der Waals surface area contributed by atoms with Crippen LogP contribution in [0.1, 0.15) is 31.2 Å². The predicted molar refractivity (Wildman–Crippen MR) is 59.4 cm³/mol. The molecule has 1 amide bonds. The van der Waals surface area contributed by atoms with Crippen molar-refractivity contribution in [3.8, 4) is 0 Å². The standard InChI is InChI=1S/C11H16N2O4/c1-7-6-9(17-13-7)4-3-5-10(11(15)16)12-8(2)14/h6,10H,3-5H2,1-2H3,(H,12,14)(H,15,16). The number of hydrogen-bond acceptors (Lipinski definition) is 4. The Morgan fingerprint density at radius 1 is 1.59 bits per heavy atom. The van der Waals surface area contributed by atoms with Gasteiger partial charge in [0.1, 0.15) is 11.8 Å². The Balaban J connectivity index is 2.37. The van der Waals surface area contributed by atoms with E-state index < -0.39 is 12.0 Å². The van der Waals surface area contributed by atoms with Gasteiger partial charge in [-0.2, -0.15) is 0 Å². The normalized spacial score (nSPS) is 12.1. The van der Waals surface area contributed by atoms with E-state index in [0.29, 0.717) is 19.3 Å². The van der Waals surface area contributed by atoms with Crippen LogP contribution in [0.2, 0.25) is 0 Å². The van der Waals surface area contributed by atoms with E-state index in [1.165, 1.54) is 6.92 Å². The fourth-order valence-electron chi connectivity index (χ4n) is 1.52. The van der Waals surface area contributed by atoms with Crippen molar-refractivity contribution in [2.45, 2.75) is 39.2 Å². The number of nitrogens with one attached hydrogen (secondary N) is 1. The Labute approximate surface area is 99.0 Å². The number of aromatic nitrogens is 1. The number of amides is 1. The van der Waals surface area contributed by atoms with Crippen molar-refractivity contribution in [3.05, 3.63) is 17.5 Å². The van der Waals surface area contributed by atoms with Crippen LogP contribution in [-0.4, -0.2) is 28.2 Å². The maximum Gasteiger partial charge on any atom is 0.326 e. The van der Waals surface area contributed by atoms with Crippen molar-refractivity contribution >= 4 is 11.9 Å². The average Bonchev–Trinajstić information content (AvgIpc) is 2.62. The Morgan fingerprint density at radius 2 is 2.29 bits per heavy atom. The summed E-state index contributed by atoms with van der Waals surface area (Å²) in [7, 11) is 0. The molecule has 1 atom stereocenters. The van der Waals surface area contributed by atoms with E-state index in [-0.39, 0.29) is 5.91 Å². The summed E-state index contributed by atoms with van der Waals surface area (Å²) in [5, 5.41) is 15.0.